The van der Waals surface area contributed by atoms with Crippen molar-refractivity contribution in [2.75, 3.05) is 13.7 Å². The number of halogens is 2. The highest BCUT2D eigenvalue weighted by atomic mass is 79.9. The number of nitrogens with zero attached hydrogens (tertiary/aromatic N) is 1. The Labute approximate surface area is 135 Å². The molecule has 104 valence electrons. The zero-order valence-electron chi connectivity index (χ0n) is 11.0. The molecule has 1 atom stereocenters. The summed E-state index contributed by atoms with van der Waals surface area (Å²) in [6, 6.07) is 8.33. The molecule has 1 unspecified atom stereocenters. The van der Waals surface area contributed by atoms with Crippen molar-refractivity contribution in [3.63, 3.8) is 0 Å². The molecule has 1 aliphatic rings. The fourth-order valence-electron chi connectivity index (χ4n) is 2.55. The molecule has 0 fully saturated rings. The van der Waals surface area contributed by atoms with Crippen molar-refractivity contribution in [1.29, 1.82) is 0 Å². The van der Waals surface area contributed by atoms with E-state index in [-0.39, 0.29) is 6.04 Å². The number of nitrogens with one attached hydrogen (secondary N) is 1. The lowest BCUT2D eigenvalue weighted by atomic mass is 9.99. The van der Waals surface area contributed by atoms with Crippen LogP contribution in [0.2, 0.25) is 0 Å². The molecule has 0 radical (unpaired) electrons. The Kier molecular flexibility index (Phi) is 4.10. The van der Waals surface area contributed by atoms with E-state index in [1.807, 2.05) is 19.3 Å². The van der Waals surface area contributed by atoms with Gasteiger partial charge in [-0.15, -0.1) is 0 Å². The van der Waals surface area contributed by atoms with Gasteiger partial charge >= 0.3 is 0 Å². The van der Waals surface area contributed by atoms with Crippen LogP contribution < -0.4 is 10.1 Å². The average Bonchev–Trinajstić information content (AvgIpc) is 2.91. The third kappa shape index (κ3) is 2.50. The van der Waals surface area contributed by atoms with Crippen molar-refractivity contribution in [2.45, 2.75) is 12.5 Å². The maximum Gasteiger partial charge on any atom is 0.127 e. The van der Waals surface area contributed by atoms with Gasteiger partial charge in [-0.1, -0.05) is 18.2 Å². The van der Waals surface area contributed by atoms with E-state index in [1.165, 1.54) is 5.56 Å². The average molecular weight is 398 g/mol. The van der Waals surface area contributed by atoms with E-state index >= 15 is 0 Å². The molecular weight excluding hydrogens is 384 g/mol. The van der Waals surface area contributed by atoms with Crippen LogP contribution in [-0.4, -0.2) is 18.6 Å². The molecule has 1 aromatic carbocycles. The Bertz CT molecular complexity index is 646. The molecule has 0 aliphatic carbocycles. The van der Waals surface area contributed by atoms with E-state index in [1.54, 1.807) is 0 Å². The number of rotatable bonds is 3. The minimum Gasteiger partial charge on any atom is -0.493 e. The summed E-state index contributed by atoms with van der Waals surface area (Å²) in [4.78, 5) is 4.54. The lowest BCUT2D eigenvalue weighted by Crippen LogP contribution is -2.20. The number of para-hydroxylation sites is 1. The summed E-state index contributed by atoms with van der Waals surface area (Å²) >= 11 is 7.03. The van der Waals surface area contributed by atoms with Crippen molar-refractivity contribution in [3.05, 3.63) is 56.2 Å². The predicted octanol–water partition coefficient (Wildman–Crippen LogP) is 3.85. The molecule has 2 aromatic rings. The molecule has 3 rings (SSSR count). The van der Waals surface area contributed by atoms with Gasteiger partial charge in [0.25, 0.3) is 0 Å². The third-order valence-corrected chi connectivity index (χ3v) is 4.52. The van der Waals surface area contributed by atoms with Gasteiger partial charge in [0.05, 0.1) is 18.3 Å². The van der Waals surface area contributed by atoms with Crippen molar-refractivity contribution >= 4 is 31.9 Å². The molecule has 1 aromatic heterocycles. The molecule has 20 heavy (non-hydrogen) atoms. The second kappa shape index (κ2) is 5.84. The number of fused-ring (bicyclic) bond motifs is 1. The monoisotopic (exact) mass is 396 g/mol. The van der Waals surface area contributed by atoms with Crippen LogP contribution in [0.25, 0.3) is 0 Å². The maximum atomic E-state index is 5.81. The molecule has 0 bridgehead atoms. The number of pyridine rings is 1. The van der Waals surface area contributed by atoms with Crippen LogP contribution in [0, 0.1) is 0 Å². The summed E-state index contributed by atoms with van der Waals surface area (Å²) in [5.74, 6) is 1.00. The van der Waals surface area contributed by atoms with Gasteiger partial charge in [-0.25, -0.2) is 0 Å². The summed E-state index contributed by atoms with van der Waals surface area (Å²) < 4.78 is 7.74. The van der Waals surface area contributed by atoms with Crippen molar-refractivity contribution in [1.82, 2.24) is 10.3 Å². The Morgan fingerprint density at radius 3 is 2.95 bits per heavy atom. The number of hydrogen-bond donors (Lipinski definition) is 1. The zero-order chi connectivity index (χ0) is 14.1. The van der Waals surface area contributed by atoms with Crippen molar-refractivity contribution in [2.24, 2.45) is 0 Å². The topological polar surface area (TPSA) is 34.1 Å². The molecule has 5 heteroatoms. The van der Waals surface area contributed by atoms with Gasteiger partial charge in [-0.3, -0.25) is 4.98 Å². The minimum atomic E-state index is 0.00512. The normalized spacial score (nSPS) is 14.8. The Hall–Kier alpha value is -0.910. The first-order chi connectivity index (χ1) is 9.70. The zero-order valence-corrected chi connectivity index (χ0v) is 14.2. The summed E-state index contributed by atoms with van der Waals surface area (Å²) in [7, 11) is 1.94. The summed E-state index contributed by atoms with van der Waals surface area (Å²) in [5.41, 5.74) is 3.37. The Morgan fingerprint density at radius 2 is 2.20 bits per heavy atom. The maximum absolute atomic E-state index is 5.81. The highest BCUT2D eigenvalue weighted by molar-refractivity contribution is 9.11. The third-order valence-electron chi connectivity index (χ3n) is 3.45. The predicted molar refractivity (Wildman–Crippen MR) is 86.2 cm³/mol. The number of ether oxygens (including phenoxy) is 1. The van der Waals surface area contributed by atoms with Crippen LogP contribution in [0.3, 0.4) is 0 Å². The van der Waals surface area contributed by atoms with Crippen LogP contribution in [0.4, 0.5) is 0 Å². The van der Waals surface area contributed by atoms with Crippen LogP contribution in [-0.2, 0) is 6.42 Å². The molecule has 1 N–H and O–H groups in total. The Morgan fingerprint density at radius 1 is 1.35 bits per heavy atom. The lowest BCUT2D eigenvalue weighted by Gasteiger charge is -2.20. The van der Waals surface area contributed by atoms with E-state index in [9.17, 15) is 0 Å². The SMILES string of the molecule is CNC(c1cccc2c1OCC2)c1ncc(Br)cc1Br. The van der Waals surface area contributed by atoms with Crippen LogP contribution in [0.1, 0.15) is 22.9 Å². The fraction of sp³-hybridized carbons (Fsp3) is 0.267. The highest BCUT2D eigenvalue weighted by Gasteiger charge is 2.24. The summed E-state index contributed by atoms with van der Waals surface area (Å²) in [5, 5.41) is 3.34. The number of benzene rings is 1. The van der Waals surface area contributed by atoms with Gasteiger partial charge in [-0.2, -0.15) is 0 Å². The van der Waals surface area contributed by atoms with Gasteiger partial charge in [0.15, 0.2) is 0 Å². The second-order valence-electron chi connectivity index (χ2n) is 4.68. The molecule has 2 heterocycles. The quantitative estimate of drug-likeness (QED) is 0.853. The minimum absolute atomic E-state index is 0.00512. The lowest BCUT2D eigenvalue weighted by molar-refractivity contribution is 0.351. The van der Waals surface area contributed by atoms with Gasteiger partial charge in [-0.05, 0) is 50.5 Å². The molecule has 0 amide bonds. The van der Waals surface area contributed by atoms with Gasteiger partial charge in [0, 0.05) is 27.1 Å². The molecule has 1 aliphatic heterocycles. The van der Waals surface area contributed by atoms with Crippen LogP contribution >= 0.6 is 31.9 Å². The van der Waals surface area contributed by atoms with Gasteiger partial charge in [0.2, 0.25) is 0 Å². The second-order valence-corrected chi connectivity index (χ2v) is 6.45. The van der Waals surface area contributed by atoms with Crippen LogP contribution in [0.5, 0.6) is 5.75 Å². The Balaban J connectivity index is 2.09. The van der Waals surface area contributed by atoms with Gasteiger partial charge < -0.3 is 10.1 Å². The number of aromatic nitrogens is 1. The van der Waals surface area contributed by atoms with Crippen LogP contribution in [0.15, 0.2) is 39.4 Å². The van der Waals surface area contributed by atoms with E-state index in [2.05, 4.69) is 60.4 Å². The van der Waals surface area contributed by atoms with E-state index in [0.717, 1.165) is 39.0 Å². The molecule has 0 saturated heterocycles. The molecular formula is C15H14Br2N2O. The first-order valence-corrected chi connectivity index (χ1v) is 8.02. The largest absolute Gasteiger partial charge is 0.493 e. The van der Waals surface area contributed by atoms with E-state index < -0.39 is 0 Å². The first-order valence-electron chi connectivity index (χ1n) is 6.43. The molecule has 3 nitrogen and oxygen atoms in total. The van der Waals surface area contributed by atoms with Crippen molar-refractivity contribution < 1.29 is 4.74 Å². The van der Waals surface area contributed by atoms with Gasteiger partial charge in [0.1, 0.15) is 5.75 Å². The fourth-order valence-corrected chi connectivity index (χ4v) is 3.76. The molecule has 0 spiro atoms. The standard InChI is InChI=1S/C15H14Br2N2O/c1-18-13(14-12(17)7-10(16)8-19-14)11-4-2-3-9-5-6-20-15(9)11/h2-4,7-8,13,18H,5-6H2,1H3. The summed E-state index contributed by atoms with van der Waals surface area (Å²) in [6.45, 7) is 0.762. The molecule has 0 saturated carbocycles. The first kappa shape index (κ1) is 14.0. The van der Waals surface area contributed by atoms with Crippen molar-refractivity contribution in [3.8, 4) is 5.75 Å². The van der Waals surface area contributed by atoms with E-state index in [4.69, 9.17) is 4.74 Å². The smallest absolute Gasteiger partial charge is 0.127 e. The number of hydrogen-bond acceptors (Lipinski definition) is 3. The summed E-state index contributed by atoms with van der Waals surface area (Å²) in [6.07, 6.45) is 2.79. The van der Waals surface area contributed by atoms with E-state index in [0.29, 0.717) is 0 Å². The highest BCUT2D eigenvalue weighted by Crippen LogP contribution is 2.37.